The van der Waals surface area contributed by atoms with Gasteiger partial charge in [0.05, 0.1) is 10.6 Å². The van der Waals surface area contributed by atoms with Crippen molar-refractivity contribution >= 4 is 38.1 Å². The van der Waals surface area contributed by atoms with Gasteiger partial charge < -0.3 is 15.3 Å². The summed E-state index contributed by atoms with van der Waals surface area (Å²) in [5.41, 5.74) is 3.16. The summed E-state index contributed by atoms with van der Waals surface area (Å²) in [7, 11) is -3.70. The topological polar surface area (TPSA) is 90.0 Å². The van der Waals surface area contributed by atoms with Crippen molar-refractivity contribution in [1.29, 1.82) is 0 Å². The van der Waals surface area contributed by atoms with Crippen LogP contribution in [0.4, 0.5) is 24.5 Å². The van der Waals surface area contributed by atoms with Crippen LogP contribution in [0.15, 0.2) is 65.6 Å². The van der Waals surface area contributed by atoms with E-state index in [4.69, 9.17) is 9.90 Å². The van der Waals surface area contributed by atoms with Crippen LogP contribution in [-0.2, 0) is 21.2 Å². The maximum absolute atomic E-state index is 14.0. The lowest BCUT2D eigenvalue weighted by atomic mass is 9.96. The SMILES string of the molecule is CC1CCc2c(N3CCNCC3)cccc2N1S(=O)(=O)c1cccc2ccccc12.O=C(O)C(F)(F)F. The predicted octanol–water partition coefficient (Wildman–Crippen LogP) is 4.41. The third-order valence-electron chi connectivity index (χ3n) is 6.56. The van der Waals surface area contributed by atoms with Gasteiger partial charge in [-0.1, -0.05) is 42.5 Å². The lowest BCUT2D eigenvalue weighted by Crippen LogP contribution is -2.45. The average molecular weight is 536 g/mol. The van der Waals surface area contributed by atoms with Crippen LogP contribution in [0, 0.1) is 0 Å². The van der Waals surface area contributed by atoms with Gasteiger partial charge in [0, 0.05) is 43.3 Å². The molecule has 0 saturated carbocycles. The van der Waals surface area contributed by atoms with Crippen molar-refractivity contribution in [2.75, 3.05) is 35.4 Å². The Labute approximate surface area is 213 Å². The lowest BCUT2D eigenvalue weighted by Gasteiger charge is -2.39. The standard InChI is InChI=1S/C24H27N3O2S.C2HF3O2/c1-18-12-13-21-22(26-16-14-25-15-17-26)9-5-10-23(21)27(18)30(28,29)24-11-4-7-19-6-2-3-8-20(19)24;3-2(4,5)1(6)7/h2-11,18,25H,12-17H2,1H3;(H,6,7). The zero-order valence-corrected chi connectivity index (χ0v) is 21.0. The van der Waals surface area contributed by atoms with Crippen molar-refractivity contribution in [2.24, 2.45) is 0 Å². The summed E-state index contributed by atoms with van der Waals surface area (Å²) in [4.78, 5) is 11.7. The molecule has 2 aliphatic rings. The molecule has 3 aromatic carbocycles. The summed E-state index contributed by atoms with van der Waals surface area (Å²) in [6.45, 7) is 5.82. The molecule has 5 rings (SSSR count). The van der Waals surface area contributed by atoms with E-state index in [-0.39, 0.29) is 6.04 Å². The number of hydrogen-bond donors (Lipinski definition) is 2. The van der Waals surface area contributed by atoms with Gasteiger partial charge in [0.25, 0.3) is 10.0 Å². The Bertz CT molecular complexity index is 1380. The molecule has 0 aliphatic carbocycles. The largest absolute Gasteiger partial charge is 0.490 e. The highest BCUT2D eigenvalue weighted by Crippen LogP contribution is 2.41. The van der Waals surface area contributed by atoms with Crippen LogP contribution in [0.2, 0.25) is 0 Å². The lowest BCUT2D eigenvalue weighted by molar-refractivity contribution is -0.192. The summed E-state index contributed by atoms with van der Waals surface area (Å²) >= 11 is 0. The number of nitrogens with one attached hydrogen (secondary N) is 1. The third kappa shape index (κ3) is 5.52. The summed E-state index contributed by atoms with van der Waals surface area (Å²) in [6, 6.07) is 19.3. The number of aliphatic carboxylic acids is 1. The molecule has 1 atom stereocenters. The quantitative estimate of drug-likeness (QED) is 0.517. The van der Waals surface area contributed by atoms with Gasteiger partial charge in [0.1, 0.15) is 0 Å². The molecule has 1 unspecified atom stereocenters. The second-order valence-corrected chi connectivity index (χ2v) is 10.8. The Hall–Kier alpha value is -3.31. The molecule has 2 N–H and O–H groups in total. The van der Waals surface area contributed by atoms with Gasteiger partial charge in [0.15, 0.2) is 0 Å². The summed E-state index contributed by atoms with van der Waals surface area (Å²) in [6.07, 6.45) is -3.36. The Morgan fingerprint density at radius 3 is 2.24 bits per heavy atom. The number of halogens is 3. The molecule has 2 heterocycles. The monoisotopic (exact) mass is 535 g/mol. The Kier molecular flexibility index (Phi) is 7.65. The van der Waals surface area contributed by atoms with Crippen LogP contribution >= 0.6 is 0 Å². The normalized spacial score (nSPS) is 18.1. The summed E-state index contributed by atoms with van der Waals surface area (Å²) in [5.74, 6) is -2.76. The molecule has 0 aromatic heterocycles. The van der Waals surface area contributed by atoms with E-state index in [1.165, 1.54) is 5.69 Å². The number of hydrogen-bond acceptors (Lipinski definition) is 5. The first kappa shape index (κ1) is 26.7. The fourth-order valence-corrected chi connectivity index (χ4v) is 6.76. The van der Waals surface area contributed by atoms with Crippen molar-refractivity contribution in [1.82, 2.24) is 5.32 Å². The van der Waals surface area contributed by atoms with Crippen molar-refractivity contribution in [3.8, 4) is 0 Å². The van der Waals surface area contributed by atoms with Crippen molar-refractivity contribution in [3.05, 3.63) is 66.2 Å². The molecule has 0 amide bonds. The molecule has 3 aromatic rings. The highest BCUT2D eigenvalue weighted by atomic mass is 32.2. The van der Waals surface area contributed by atoms with Crippen molar-refractivity contribution in [3.63, 3.8) is 0 Å². The summed E-state index contributed by atoms with van der Waals surface area (Å²) in [5, 5.41) is 12.2. The number of carbonyl (C=O) groups is 1. The number of anilines is 2. The molecule has 0 radical (unpaired) electrons. The van der Waals surface area contributed by atoms with Gasteiger partial charge in [-0.05, 0) is 48.9 Å². The molecule has 1 saturated heterocycles. The fraction of sp³-hybridized carbons (Fsp3) is 0.346. The highest BCUT2D eigenvalue weighted by Gasteiger charge is 2.38. The average Bonchev–Trinajstić information content (AvgIpc) is 2.88. The van der Waals surface area contributed by atoms with Crippen LogP contribution in [0.5, 0.6) is 0 Å². The van der Waals surface area contributed by atoms with E-state index < -0.39 is 22.2 Å². The third-order valence-corrected chi connectivity index (χ3v) is 8.55. The number of carboxylic acids is 1. The van der Waals surface area contributed by atoms with E-state index in [1.54, 1.807) is 10.4 Å². The van der Waals surface area contributed by atoms with E-state index >= 15 is 0 Å². The van der Waals surface area contributed by atoms with Gasteiger partial charge in [-0.3, -0.25) is 4.31 Å². The number of nitrogens with zero attached hydrogens (tertiary/aromatic N) is 2. The maximum atomic E-state index is 14.0. The van der Waals surface area contributed by atoms with Crippen LogP contribution in [0.3, 0.4) is 0 Å². The summed E-state index contributed by atoms with van der Waals surface area (Å²) < 4.78 is 61.3. The molecule has 7 nitrogen and oxygen atoms in total. The number of alkyl halides is 3. The highest BCUT2D eigenvalue weighted by molar-refractivity contribution is 7.93. The van der Waals surface area contributed by atoms with E-state index in [0.717, 1.165) is 61.0 Å². The maximum Gasteiger partial charge on any atom is 0.490 e. The fourth-order valence-electron chi connectivity index (χ4n) is 4.83. The number of piperazine rings is 1. The Balaban J connectivity index is 0.000000405. The predicted molar refractivity (Wildman–Crippen MR) is 137 cm³/mol. The van der Waals surface area contributed by atoms with E-state index in [1.807, 2.05) is 55.5 Å². The minimum atomic E-state index is -5.08. The van der Waals surface area contributed by atoms with Crippen LogP contribution < -0.4 is 14.5 Å². The van der Waals surface area contributed by atoms with E-state index in [0.29, 0.717) is 4.90 Å². The number of rotatable bonds is 3. The van der Waals surface area contributed by atoms with Crippen molar-refractivity contribution in [2.45, 2.75) is 36.9 Å². The Morgan fingerprint density at radius 2 is 1.57 bits per heavy atom. The Morgan fingerprint density at radius 1 is 0.973 bits per heavy atom. The van der Waals surface area contributed by atoms with Crippen molar-refractivity contribution < 1.29 is 31.5 Å². The van der Waals surface area contributed by atoms with Gasteiger partial charge in [-0.2, -0.15) is 13.2 Å². The number of fused-ring (bicyclic) bond motifs is 2. The molecule has 198 valence electrons. The van der Waals surface area contributed by atoms with Gasteiger partial charge in [-0.15, -0.1) is 0 Å². The first-order valence-electron chi connectivity index (χ1n) is 11.9. The van der Waals surface area contributed by atoms with Crippen LogP contribution in [0.1, 0.15) is 18.9 Å². The van der Waals surface area contributed by atoms with Gasteiger partial charge in [0.2, 0.25) is 0 Å². The second kappa shape index (κ2) is 10.6. The molecule has 11 heteroatoms. The first-order chi connectivity index (χ1) is 17.5. The zero-order valence-electron chi connectivity index (χ0n) is 20.2. The van der Waals surface area contributed by atoms with Gasteiger partial charge >= 0.3 is 12.1 Å². The molecule has 0 bridgehead atoms. The van der Waals surface area contributed by atoms with E-state index in [9.17, 15) is 21.6 Å². The minimum Gasteiger partial charge on any atom is -0.475 e. The molecule has 2 aliphatic heterocycles. The molecule has 37 heavy (non-hydrogen) atoms. The van der Waals surface area contributed by atoms with E-state index in [2.05, 4.69) is 16.3 Å². The minimum absolute atomic E-state index is 0.0836. The van der Waals surface area contributed by atoms with Crippen LogP contribution in [-0.4, -0.2) is 57.9 Å². The molecular formula is C26H28F3N3O4S. The molecule has 1 fully saturated rings. The molecular weight excluding hydrogens is 507 g/mol. The first-order valence-corrected chi connectivity index (χ1v) is 13.4. The smallest absolute Gasteiger partial charge is 0.475 e. The number of sulfonamides is 1. The zero-order chi connectivity index (χ0) is 26.8. The number of carboxylic acid groups (broad SMARTS) is 1. The van der Waals surface area contributed by atoms with Gasteiger partial charge in [-0.25, -0.2) is 13.2 Å². The molecule has 0 spiro atoms. The second-order valence-electron chi connectivity index (χ2n) is 8.98. The number of benzene rings is 3. The van der Waals surface area contributed by atoms with Crippen LogP contribution in [0.25, 0.3) is 10.8 Å².